The average molecular weight is 398 g/mol. The topological polar surface area (TPSA) is 82.6 Å². The summed E-state index contributed by atoms with van der Waals surface area (Å²) in [6, 6.07) is 14.9. The lowest BCUT2D eigenvalue weighted by Gasteiger charge is -2.05. The van der Waals surface area contributed by atoms with E-state index in [9.17, 15) is 14.9 Å². The van der Waals surface area contributed by atoms with Crippen LogP contribution in [0, 0.1) is 17.0 Å². The van der Waals surface area contributed by atoms with Crippen LogP contribution in [0.25, 0.3) is 6.08 Å². The largest absolute Gasteiger partial charge is 0.479 e. The van der Waals surface area contributed by atoms with Crippen LogP contribution in [0.1, 0.15) is 27.4 Å². The highest BCUT2D eigenvalue weighted by Crippen LogP contribution is 2.30. The summed E-state index contributed by atoms with van der Waals surface area (Å²) in [7, 11) is 0. The van der Waals surface area contributed by atoms with Gasteiger partial charge in [0.2, 0.25) is 0 Å². The van der Waals surface area contributed by atoms with Crippen LogP contribution in [0.15, 0.2) is 65.1 Å². The van der Waals surface area contributed by atoms with Gasteiger partial charge in [-0.2, -0.15) is 0 Å². The van der Waals surface area contributed by atoms with E-state index in [2.05, 4.69) is 0 Å². The van der Waals surface area contributed by atoms with Gasteiger partial charge in [0.25, 0.3) is 0 Å². The molecule has 0 amide bonds. The molecule has 0 saturated heterocycles. The van der Waals surface area contributed by atoms with Gasteiger partial charge in [0.05, 0.1) is 4.92 Å². The maximum atomic E-state index is 12.2. The molecule has 0 spiro atoms. The molecule has 2 aromatic carbocycles. The molecule has 6 nitrogen and oxygen atoms in total. The van der Waals surface area contributed by atoms with Crippen molar-refractivity contribution in [1.82, 2.24) is 0 Å². The molecule has 3 aromatic rings. The standard InChI is InChI=1S/C21H16ClNO5/c1-14-3-2-4-15(11-14)20(24)9-8-17-6-7-18(28-17)13-27-21-10-5-16(22)12-19(21)23(25)26/h2-12H,13H2,1H3/b9-8+. The average Bonchev–Trinajstić information content (AvgIpc) is 3.13. The number of rotatable bonds is 7. The van der Waals surface area contributed by atoms with Gasteiger partial charge in [-0.1, -0.05) is 35.4 Å². The first-order chi connectivity index (χ1) is 13.4. The minimum absolute atomic E-state index is 0.00212. The number of carbonyl (C=O) groups is 1. The zero-order valence-corrected chi connectivity index (χ0v) is 15.7. The van der Waals surface area contributed by atoms with Crippen molar-refractivity contribution in [2.45, 2.75) is 13.5 Å². The molecule has 28 heavy (non-hydrogen) atoms. The fourth-order valence-corrected chi connectivity index (χ4v) is 2.68. The summed E-state index contributed by atoms with van der Waals surface area (Å²) in [5.41, 5.74) is 1.39. The van der Waals surface area contributed by atoms with Gasteiger partial charge in [-0.25, -0.2) is 0 Å². The van der Waals surface area contributed by atoms with Gasteiger partial charge in [-0.15, -0.1) is 0 Å². The van der Waals surface area contributed by atoms with Crippen molar-refractivity contribution in [1.29, 1.82) is 0 Å². The van der Waals surface area contributed by atoms with E-state index in [0.29, 0.717) is 17.1 Å². The molecule has 0 fully saturated rings. The van der Waals surface area contributed by atoms with Crippen LogP contribution in [-0.2, 0) is 6.61 Å². The summed E-state index contributed by atoms with van der Waals surface area (Å²) in [6.07, 6.45) is 3.00. The van der Waals surface area contributed by atoms with Crippen molar-refractivity contribution < 1.29 is 18.9 Å². The maximum absolute atomic E-state index is 12.2. The number of halogens is 1. The van der Waals surface area contributed by atoms with Crippen molar-refractivity contribution in [3.8, 4) is 5.75 Å². The number of benzene rings is 2. The minimum atomic E-state index is -0.561. The molecule has 0 N–H and O–H groups in total. The monoisotopic (exact) mass is 397 g/mol. The number of allylic oxidation sites excluding steroid dienone is 1. The van der Waals surface area contributed by atoms with E-state index in [-0.39, 0.29) is 28.8 Å². The van der Waals surface area contributed by atoms with E-state index >= 15 is 0 Å². The fourth-order valence-electron chi connectivity index (χ4n) is 2.52. The number of nitrogens with zero attached hydrogens (tertiary/aromatic N) is 1. The van der Waals surface area contributed by atoms with E-state index in [1.165, 1.54) is 24.3 Å². The lowest BCUT2D eigenvalue weighted by atomic mass is 10.1. The third kappa shape index (κ3) is 4.86. The first kappa shape index (κ1) is 19.4. The van der Waals surface area contributed by atoms with E-state index in [4.69, 9.17) is 20.8 Å². The summed E-state index contributed by atoms with van der Waals surface area (Å²) >= 11 is 5.78. The van der Waals surface area contributed by atoms with Crippen molar-refractivity contribution in [2.24, 2.45) is 0 Å². The van der Waals surface area contributed by atoms with Gasteiger partial charge >= 0.3 is 5.69 Å². The summed E-state index contributed by atoms with van der Waals surface area (Å²) in [4.78, 5) is 22.7. The molecule has 0 unspecified atom stereocenters. The Hall–Kier alpha value is -3.38. The first-order valence-corrected chi connectivity index (χ1v) is 8.75. The lowest BCUT2D eigenvalue weighted by molar-refractivity contribution is -0.385. The number of furan rings is 1. The Bertz CT molecular complexity index is 1050. The van der Waals surface area contributed by atoms with Crippen LogP contribution in [-0.4, -0.2) is 10.7 Å². The Morgan fingerprint density at radius 1 is 1.21 bits per heavy atom. The molecular weight excluding hydrogens is 382 g/mol. The molecular formula is C21H16ClNO5. The molecule has 142 valence electrons. The quantitative estimate of drug-likeness (QED) is 0.223. The molecule has 1 heterocycles. The number of ketones is 1. The molecule has 1 aromatic heterocycles. The molecule has 0 bridgehead atoms. The van der Waals surface area contributed by atoms with Crippen molar-refractivity contribution in [3.05, 3.63) is 98.5 Å². The highest BCUT2D eigenvalue weighted by molar-refractivity contribution is 6.30. The molecule has 3 rings (SSSR count). The number of nitro groups is 1. The van der Waals surface area contributed by atoms with Crippen LogP contribution in [0.3, 0.4) is 0 Å². The number of aryl methyl sites for hydroxylation is 1. The smallest absolute Gasteiger partial charge is 0.312 e. The predicted octanol–water partition coefficient (Wildman–Crippen LogP) is 5.62. The van der Waals surface area contributed by atoms with Crippen molar-refractivity contribution >= 4 is 29.1 Å². The third-order valence-electron chi connectivity index (χ3n) is 3.87. The number of hydrogen-bond donors (Lipinski definition) is 0. The van der Waals surface area contributed by atoms with Crippen LogP contribution >= 0.6 is 11.6 Å². The Labute approximate surface area is 166 Å². The van der Waals surface area contributed by atoms with Crippen LogP contribution in [0.4, 0.5) is 5.69 Å². The van der Waals surface area contributed by atoms with E-state index in [1.54, 1.807) is 24.3 Å². The predicted molar refractivity (Wildman–Crippen MR) is 106 cm³/mol. The fraction of sp³-hybridized carbons (Fsp3) is 0.0952. The molecule has 0 saturated carbocycles. The molecule has 0 aliphatic carbocycles. The number of nitro benzene ring substituents is 1. The first-order valence-electron chi connectivity index (χ1n) is 8.37. The second-order valence-electron chi connectivity index (χ2n) is 6.03. The molecule has 7 heteroatoms. The summed E-state index contributed by atoms with van der Waals surface area (Å²) in [5.74, 6) is 0.907. The SMILES string of the molecule is Cc1cccc(C(=O)/C=C/c2ccc(COc3ccc(Cl)cc3[N+](=O)[O-])o2)c1. The van der Waals surface area contributed by atoms with Gasteiger partial charge in [0.15, 0.2) is 11.5 Å². The van der Waals surface area contributed by atoms with Crippen LogP contribution < -0.4 is 4.74 Å². The molecule has 0 aliphatic rings. The van der Waals surface area contributed by atoms with Gasteiger partial charge < -0.3 is 9.15 Å². The Morgan fingerprint density at radius 3 is 2.79 bits per heavy atom. The number of ether oxygens (including phenoxy) is 1. The van der Waals surface area contributed by atoms with E-state index < -0.39 is 4.92 Å². The molecule has 0 atom stereocenters. The zero-order chi connectivity index (χ0) is 20.1. The highest BCUT2D eigenvalue weighted by atomic mass is 35.5. The molecule has 0 aliphatic heterocycles. The second kappa shape index (κ2) is 8.54. The summed E-state index contributed by atoms with van der Waals surface area (Å²) in [5, 5.41) is 11.3. The summed E-state index contributed by atoms with van der Waals surface area (Å²) in [6.45, 7) is 1.92. The van der Waals surface area contributed by atoms with Crippen LogP contribution in [0.5, 0.6) is 5.75 Å². The van der Waals surface area contributed by atoms with Crippen molar-refractivity contribution in [2.75, 3.05) is 0 Å². The van der Waals surface area contributed by atoms with Gasteiger partial charge in [-0.3, -0.25) is 14.9 Å². The summed E-state index contributed by atoms with van der Waals surface area (Å²) < 4.78 is 11.1. The zero-order valence-electron chi connectivity index (χ0n) is 14.9. The highest BCUT2D eigenvalue weighted by Gasteiger charge is 2.16. The minimum Gasteiger partial charge on any atom is -0.479 e. The lowest BCUT2D eigenvalue weighted by Crippen LogP contribution is -1.98. The Balaban J connectivity index is 1.65. The Morgan fingerprint density at radius 2 is 2.04 bits per heavy atom. The van der Waals surface area contributed by atoms with Gasteiger partial charge in [0.1, 0.15) is 18.1 Å². The third-order valence-corrected chi connectivity index (χ3v) is 4.11. The Kier molecular flexibility index (Phi) is 5.91. The maximum Gasteiger partial charge on any atom is 0.312 e. The normalized spacial score (nSPS) is 10.9. The molecule has 0 radical (unpaired) electrons. The van der Waals surface area contributed by atoms with E-state index in [0.717, 1.165) is 5.56 Å². The van der Waals surface area contributed by atoms with Crippen molar-refractivity contribution in [3.63, 3.8) is 0 Å². The van der Waals surface area contributed by atoms with Crippen LogP contribution in [0.2, 0.25) is 5.02 Å². The number of carbonyl (C=O) groups excluding carboxylic acids is 1. The van der Waals surface area contributed by atoms with Gasteiger partial charge in [-0.05, 0) is 49.4 Å². The second-order valence-corrected chi connectivity index (χ2v) is 6.47. The van der Waals surface area contributed by atoms with Gasteiger partial charge in [0, 0.05) is 16.7 Å². The number of hydrogen-bond acceptors (Lipinski definition) is 5. The van der Waals surface area contributed by atoms with E-state index in [1.807, 2.05) is 25.1 Å².